The van der Waals surface area contributed by atoms with E-state index >= 15 is 0 Å². The van der Waals surface area contributed by atoms with E-state index in [0.29, 0.717) is 0 Å². The zero-order valence-electron chi connectivity index (χ0n) is 9.26. The molecule has 94 valence electrons. The van der Waals surface area contributed by atoms with Crippen molar-refractivity contribution in [3.05, 3.63) is 0 Å². The van der Waals surface area contributed by atoms with Crippen LogP contribution in [0.2, 0.25) is 0 Å². The fraction of sp³-hybridized carbons (Fsp3) is 0.600. The second-order valence-electron chi connectivity index (χ2n) is 4.20. The maximum absolute atomic E-state index is 12.0. The summed E-state index contributed by atoms with van der Waals surface area (Å²) in [6, 6.07) is 0. The van der Waals surface area contributed by atoms with Crippen molar-refractivity contribution in [2.24, 2.45) is 11.3 Å². The minimum Gasteiger partial charge on any atom is -0.480 e. The van der Waals surface area contributed by atoms with Crippen LogP contribution in [0, 0.1) is 11.3 Å². The molecule has 1 fully saturated rings. The smallest absolute Gasteiger partial charge is 0.321 e. The van der Waals surface area contributed by atoms with Crippen molar-refractivity contribution < 1.29 is 24.3 Å². The molecule has 0 saturated heterocycles. The molecule has 0 aliphatic heterocycles. The first kappa shape index (κ1) is 14.2. The second kappa shape index (κ2) is 4.13. The summed E-state index contributed by atoms with van der Waals surface area (Å²) in [5, 5.41) is 8.85. The Kier molecular flexibility index (Phi) is 3.46. The summed E-state index contributed by atoms with van der Waals surface area (Å²) in [6.45, 7) is 2.18. The number of aliphatic carboxylic acids is 1. The van der Waals surface area contributed by atoms with Crippen LogP contribution in [0.1, 0.15) is 20.3 Å². The highest BCUT2D eigenvalue weighted by atomic mass is 32.2. The number of rotatable bonds is 5. The molecule has 0 spiro atoms. The van der Waals surface area contributed by atoms with Gasteiger partial charge in [-0.1, -0.05) is 0 Å². The molecule has 7 heteroatoms. The predicted octanol–water partition coefficient (Wildman–Crippen LogP) is 0.380. The minimum absolute atomic E-state index is 0.0391. The summed E-state index contributed by atoms with van der Waals surface area (Å²) in [7, 11) is 0. The number of Topliss-reactive ketones (excluding diaryl/α,β-unsaturated/α-hetero) is 3. The fourth-order valence-corrected chi connectivity index (χ4v) is 2.92. The zero-order valence-corrected chi connectivity index (χ0v) is 11.0. The highest BCUT2D eigenvalue weighted by molar-refractivity contribution is 8.01. The van der Waals surface area contributed by atoms with E-state index in [1.165, 1.54) is 6.92 Å². The Hall–Kier alpha value is -0.820. The lowest BCUT2D eigenvalue weighted by atomic mass is 9.85. The number of carbonyl (C=O) groups excluding carboxylic acids is 3. The van der Waals surface area contributed by atoms with Gasteiger partial charge in [0.25, 0.3) is 0 Å². The minimum atomic E-state index is -1.82. The molecule has 17 heavy (non-hydrogen) atoms. The number of thiol groups is 2. The van der Waals surface area contributed by atoms with Gasteiger partial charge in [-0.05, 0) is 20.3 Å². The molecule has 0 radical (unpaired) electrons. The Bertz CT molecular complexity index is 414. The molecule has 1 aliphatic carbocycles. The van der Waals surface area contributed by atoms with Gasteiger partial charge in [-0.25, -0.2) is 0 Å². The first-order valence-corrected chi connectivity index (χ1v) is 5.70. The maximum Gasteiger partial charge on any atom is 0.321 e. The van der Waals surface area contributed by atoms with Crippen molar-refractivity contribution in [3.63, 3.8) is 0 Å². The Labute approximate surface area is 109 Å². The van der Waals surface area contributed by atoms with E-state index in [2.05, 4.69) is 25.3 Å². The summed E-state index contributed by atoms with van der Waals surface area (Å²) < 4.78 is -1.17. The van der Waals surface area contributed by atoms with Crippen molar-refractivity contribution >= 4 is 48.6 Å². The second-order valence-corrected chi connectivity index (χ2v) is 6.08. The predicted molar refractivity (Wildman–Crippen MR) is 65.2 cm³/mol. The third-order valence-electron chi connectivity index (χ3n) is 3.01. The highest BCUT2D eigenvalue weighted by Crippen LogP contribution is 2.65. The number of hydrogen-bond donors (Lipinski definition) is 3. The van der Waals surface area contributed by atoms with E-state index in [4.69, 9.17) is 5.11 Å². The Morgan fingerprint density at radius 1 is 1.18 bits per heavy atom. The standard InChI is InChI=1S/C10H12O5S2/c1-4(11)6(8(14)15)7(13)9(5(2)12)3-10(9,16)17/h6,16-17H,3H2,1-2H3,(H,14,15). The summed E-state index contributed by atoms with van der Waals surface area (Å²) in [6.07, 6.45) is 0.0391. The lowest BCUT2D eigenvalue weighted by Gasteiger charge is -2.18. The Morgan fingerprint density at radius 3 is 1.76 bits per heavy atom. The van der Waals surface area contributed by atoms with Crippen LogP contribution in [0.15, 0.2) is 0 Å². The van der Waals surface area contributed by atoms with Gasteiger partial charge < -0.3 is 5.11 Å². The average Bonchev–Trinajstić information content (AvgIpc) is 2.69. The van der Waals surface area contributed by atoms with E-state index in [9.17, 15) is 19.2 Å². The quantitative estimate of drug-likeness (QED) is 0.384. The monoisotopic (exact) mass is 276 g/mol. The van der Waals surface area contributed by atoms with Gasteiger partial charge in [0, 0.05) is 0 Å². The van der Waals surface area contributed by atoms with Crippen molar-refractivity contribution in [3.8, 4) is 0 Å². The molecule has 0 aromatic carbocycles. The average molecular weight is 276 g/mol. The van der Waals surface area contributed by atoms with Gasteiger partial charge in [0.05, 0.1) is 4.08 Å². The van der Waals surface area contributed by atoms with E-state index in [1.807, 2.05) is 0 Å². The van der Waals surface area contributed by atoms with Crippen molar-refractivity contribution in [2.45, 2.75) is 24.3 Å². The highest BCUT2D eigenvalue weighted by Gasteiger charge is 2.73. The van der Waals surface area contributed by atoms with Gasteiger partial charge in [-0.3, -0.25) is 19.2 Å². The lowest BCUT2D eigenvalue weighted by molar-refractivity contribution is -0.152. The van der Waals surface area contributed by atoms with Crippen LogP contribution in [0.3, 0.4) is 0 Å². The van der Waals surface area contributed by atoms with Gasteiger partial charge >= 0.3 is 5.97 Å². The molecule has 1 saturated carbocycles. The number of carbonyl (C=O) groups is 4. The van der Waals surface area contributed by atoms with Gasteiger partial charge in [0.2, 0.25) is 0 Å². The molecule has 1 rings (SSSR count). The van der Waals surface area contributed by atoms with Crippen LogP contribution in [0.5, 0.6) is 0 Å². The van der Waals surface area contributed by atoms with Gasteiger partial charge in [-0.2, -0.15) is 25.3 Å². The normalized spacial score (nSPS) is 27.1. The molecule has 0 amide bonds. The van der Waals surface area contributed by atoms with Crippen LogP contribution in [-0.4, -0.2) is 32.5 Å². The van der Waals surface area contributed by atoms with E-state index in [0.717, 1.165) is 6.92 Å². The summed E-state index contributed by atoms with van der Waals surface area (Å²) in [4.78, 5) is 45.6. The molecule has 1 aliphatic rings. The van der Waals surface area contributed by atoms with Crippen LogP contribution in [0.25, 0.3) is 0 Å². The van der Waals surface area contributed by atoms with E-state index in [-0.39, 0.29) is 6.42 Å². The van der Waals surface area contributed by atoms with E-state index < -0.39 is 38.7 Å². The first-order valence-electron chi connectivity index (χ1n) is 4.81. The zero-order chi connectivity index (χ0) is 13.6. The van der Waals surface area contributed by atoms with Crippen molar-refractivity contribution in [1.82, 2.24) is 0 Å². The van der Waals surface area contributed by atoms with Crippen molar-refractivity contribution in [1.29, 1.82) is 0 Å². The maximum atomic E-state index is 12.0. The molecule has 2 atom stereocenters. The van der Waals surface area contributed by atoms with Gasteiger partial charge in [0.1, 0.15) is 11.2 Å². The largest absolute Gasteiger partial charge is 0.480 e. The third-order valence-corrected chi connectivity index (χ3v) is 4.09. The van der Waals surface area contributed by atoms with Gasteiger partial charge in [-0.15, -0.1) is 0 Å². The molecular weight excluding hydrogens is 264 g/mol. The van der Waals surface area contributed by atoms with E-state index in [1.54, 1.807) is 0 Å². The molecule has 5 nitrogen and oxygen atoms in total. The molecule has 2 unspecified atom stereocenters. The fourth-order valence-electron chi connectivity index (χ4n) is 1.91. The lowest BCUT2D eigenvalue weighted by Crippen LogP contribution is -2.41. The summed E-state index contributed by atoms with van der Waals surface area (Å²) in [5.74, 6) is -5.60. The van der Waals surface area contributed by atoms with Crippen molar-refractivity contribution in [2.75, 3.05) is 0 Å². The molecule has 0 heterocycles. The first-order chi connectivity index (χ1) is 7.58. The summed E-state index contributed by atoms with van der Waals surface area (Å²) >= 11 is 8.09. The van der Waals surface area contributed by atoms with Crippen LogP contribution < -0.4 is 0 Å². The molecule has 0 bridgehead atoms. The number of carboxylic acids is 1. The summed E-state index contributed by atoms with van der Waals surface area (Å²) in [5.41, 5.74) is -1.56. The molecule has 0 aromatic rings. The molecule has 1 N–H and O–H groups in total. The third kappa shape index (κ3) is 2.01. The van der Waals surface area contributed by atoms with Crippen LogP contribution in [0.4, 0.5) is 0 Å². The SMILES string of the molecule is CC(=O)C(C(=O)O)C(=O)C1(C(C)=O)CC1(S)S. The Morgan fingerprint density at radius 2 is 1.59 bits per heavy atom. The number of carboxylic acid groups (broad SMARTS) is 1. The topological polar surface area (TPSA) is 88.5 Å². The van der Waals surface area contributed by atoms with Crippen LogP contribution in [-0.2, 0) is 19.2 Å². The van der Waals surface area contributed by atoms with Gasteiger partial charge in [0.15, 0.2) is 17.5 Å². The molecule has 0 aromatic heterocycles. The number of hydrogen-bond acceptors (Lipinski definition) is 6. The Balaban J connectivity index is 3.16. The van der Waals surface area contributed by atoms with Crippen LogP contribution >= 0.6 is 25.3 Å². The molecular formula is C10H12O5S2. The number of ketones is 3.